The Morgan fingerprint density at radius 2 is 2.03 bits per heavy atom. The minimum atomic E-state index is -1.16. The third-order valence-corrected chi connectivity index (χ3v) is 6.76. The molecule has 0 unspecified atom stereocenters. The number of nitriles is 1. The second-order valence-corrected chi connectivity index (χ2v) is 10.1. The smallest absolute Gasteiger partial charge is 0.337 e. The molecular weight excluding hydrogens is 408 g/mol. The summed E-state index contributed by atoms with van der Waals surface area (Å²) in [5, 5.41) is 20.6. The fourth-order valence-corrected chi connectivity index (χ4v) is 5.68. The molecule has 1 atom stereocenters. The minimum absolute atomic E-state index is 0.541. The quantitative estimate of drug-likeness (QED) is 0.547. The summed E-state index contributed by atoms with van der Waals surface area (Å²) >= 11 is 1.71. The second kappa shape index (κ2) is 8.07. The van der Waals surface area contributed by atoms with Crippen LogP contribution in [0.5, 0.6) is 0 Å². The van der Waals surface area contributed by atoms with Crippen molar-refractivity contribution >= 4 is 27.5 Å². The van der Waals surface area contributed by atoms with Gasteiger partial charge in [-0.1, -0.05) is 12.1 Å². The van der Waals surface area contributed by atoms with Crippen molar-refractivity contribution in [2.75, 3.05) is 0 Å². The number of aromatic nitrogens is 1. The van der Waals surface area contributed by atoms with Crippen LogP contribution < -0.4 is 0 Å². The van der Waals surface area contributed by atoms with Crippen LogP contribution >= 0.6 is 11.3 Å². The molecule has 0 radical (unpaired) electrons. The van der Waals surface area contributed by atoms with Crippen LogP contribution in [0.25, 0.3) is 21.3 Å². The number of pyridine rings is 1. The summed E-state index contributed by atoms with van der Waals surface area (Å²) in [5.74, 6) is -1.04. The van der Waals surface area contributed by atoms with E-state index in [-0.39, 0.29) is 0 Å². The van der Waals surface area contributed by atoms with Crippen molar-refractivity contribution in [2.24, 2.45) is 0 Å². The number of aliphatic carboxylic acids is 1. The molecule has 6 heteroatoms. The Hall–Kier alpha value is -2.75. The first kappa shape index (κ1) is 21.5. The Morgan fingerprint density at radius 1 is 1.29 bits per heavy atom. The third-order valence-electron chi connectivity index (χ3n) is 5.57. The zero-order chi connectivity index (χ0) is 22.3. The number of benzene rings is 1. The highest BCUT2D eigenvalue weighted by atomic mass is 32.1. The molecule has 0 saturated heterocycles. The number of carbonyl (C=O) groups is 1. The first-order valence-electron chi connectivity index (χ1n) is 10.6. The summed E-state index contributed by atoms with van der Waals surface area (Å²) in [7, 11) is 0. The molecule has 0 bridgehead atoms. The molecule has 1 aliphatic rings. The van der Waals surface area contributed by atoms with E-state index in [4.69, 9.17) is 9.72 Å². The summed E-state index contributed by atoms with van der Waals surface area (Å²) in [6.45, 7) is 7.42. The van der Waals surface area contributed by atoms with Gasteiger partial charge in [0.1, 0.15) is 4.83 Å². The molecular formula is C25H26N2O3S. The highest BCUT2D eigenvalue weighted by Crippen LogP contribution is 2.45. The van der Waals surface area contributed by atoms with Crippen LogP contribution in [0.4, 0.5) is 0 Å². The summed E-state index contributed by atoms with van der Waals surface area (Å²) < 4.78 is 6.05. The van der Waals surface area contributed by atoms with E-state index in [2.05, 4.69) is 6.07 Å². The predicted molar refractivity (Wildman–Crippen MR) is 122 cm³/mol. The van der Waals surface area contributed by atoms with Gasteiger partial charge in [-0.05, 0) is 76.6 Å². The summed E-state index contributed by atoms with van der Waals surface area (Å²) in [6, 6.07) is 9.59. The van der Waals surface area contributed by atoms with Gasteiger partial charge in [-0.3, -0.25) is 0 Å². The Morgan fingerprint density at radius 3 is 2.71 bits per heavy atom. The van der Waals surface area contributed by atoms with E-state index in [1.54, 1.807) is 17.4 Å². The number of ether oxygens (including phenoxy) is 1. The van der Waals surface area contributed by atoms with E-state index in [1.807, 2.05) is 45.9 Å². The molecule has 2 aromatic heterocycles. The molecule has 2 heterocycles. The lowest BCUT2D eigenvalue weighted by molar-refractivity contribution is -0.160. The standard InChI is InChI=1S/C25H26N2O3S/c1-14-19(22(24(28)29)30-25(2,3)4)20(16-9-7-8-15(12-16)13-26)21-17-10-5-6-11-18(17)31-23(21)27-14/h7-9,12,22H,5-6,10-11H2,1-4H3,(H,28,29)/t22-/m0/s1. The molecule has 3 aromatic rings. The van der Waals surface area contributed by atoms with Crippen LogP contribution in [0, 0.1) is 18.3 Å². The second-order valence-electron chi connectivity index (χ2n) is 9.02. The molecule has 4 rings (SSSR count). The van der Waals surface area contributed by atoms with E-state index in [0.29, 0.717) is 16.8 Å². The molecule has 1 aromatic carbocycles. The van der Waals surface area contributed by atoms with Crippen molar-refractivity contribution in [1.82, 2.24) is 4.98 Å². The Kier molecular flexibility index (Phi) is 5.59. The Bertz CT molecular complexity index is 1210. The van der Waals surface area contributed by atoms with Gasteiger partial charge < -0.3 is 9.84 Å². The first-order valence-corrected chi connectivity index (χ1v) is 11.4. The number of carboxylic acid groups (broad SMARTS) is 1. The van der Waals surface area contributed by atoms with Gasteiger partial charge in [-0.2, -0.15) is 5.26 Å². The van der Waals surface area contributed by atoms with E-state index < -0.39 is 17.7 Å². The molecule has 0 fully saturated rings. The van der Waals surface area contributed by atoms with Gasteiger partial charge in [0.2, 0.25) is 0 Å². The van der Waals surface area contributed by atoms with E-state index in [9.17, 15) is 15.2 Å². The minimum Gasteiger partial charge on any atom is -0.479 e. The molecule has 1 aliphatic carbocycles. The van der Waals surface area contributed by atoms with Crippen molar-refractivity contribution in [3.8, 4) is 17.2 Å². The summed E-state index contributed by atoms with van der Waals surface area (Å²) in [4.78, 5) is 19.5. The number of fused-ring (bicyclic) bond motifs is 3. The number of rotatable bonds is 4. The average Bonchev–Trinajstić information content (AvgIpc) is 3.08. The Balaban J connectivity index is 2.11. The molecule has 160 valence electrons. The van der Waals surface area contributed by atoms with Gasteiger partial charge in [0.05, 0.1) is 17.2 Å². The Labute approximate surface area is 186 Å². The lowest BCUT2D eigenvalue weighted by atomic mass is 9.87. The fraction of sp³-hybridized carbons (Fsp3) is 0.400. The van der Waals surface area contributed by atoms with Gasteiger partial charge in [0.25, 0.3) is 0 Å². The van der Waals surface area contributed by atoms with Crippen LogP contribution in [-0.4, -0.2) is 21.7 Å². The molecule has 1 N–H and O–H groups in total. The number of hydrogen-bond acceptors (Lipinski definition) is 5. The zero-order valence-corrected chi connectivity index (χ0v) is 19.1. The van der Waals surface area contributed by atoms with Crippen LogP contribution in [0.15, 0.2) is 24.3 Å². The largest absolute Gasteiger partial charge is 0.479 e. The van der Waals surface area contributed by atoms with Gasteiger partial charge in [-0.15, -0.1) is 11.3 Å². The van der Waals surface area contributed by atoms with Crippen LogP contribution in [0.1, 0.15) is 67.0 Å². The maximum absolute atomic E-state index is 12.4. The summed E-state index contributed by atoms with van der Waals surface area (Å²) in [6.07, 6.45) is 3.11. The van der Waals surface area contributed by atoms with Gasteiger partial charge in [0, 0.05) is 27.1 Å². The highest BCUT2D eigenvalue weighted by molar-refractivity contribution is 7.19. The topological polar surface area (TPSA) is 83.2 Å². The van der Waals surface area contributed by atoms with Crippen LogP contribution in [0.2, 0.25) is 0 Å². The van der Waals surface area contributed by atoms with Crippen molar-refractivity contribution < 1.29 is 14.6 Å². The van der Waals surface area contributed by atoms with E-state index in [1.165, 1.54) is 10.4 Å². The van der Waals surface area contributed by atoms with Gasteiger partial charge in [-0.25, -0.2) is 9.78 Å². The number of aryl methyl sites for hydroxylation is 3. The molecule has 5 nitrogen and oxygen atoms in total. The average molecular weight is 435 g/mol. The fourth-order valence-electron chi connectivity index (χ4n) is 4.37. The first-order chi connectivity index (χ1) is 14.7. The zero-order valence-electron chi connectivity index (χ0n) is 18.3. The van der Waals surface area contributed by atoms with E-state index in [0.717, 1.165) is 47.0 Å². The van der Waals surface area contributed by atoms with Gasteiger partial charge in [0.15, 0.2) is 6.10 Å². The molecule has 0 amide bonds. The lowest BCUT2D eigenvalue weighted by Crippen LogP contribution is -2.28. The highest BCUT2D eigenvalue weighted by Gasteiger charge is 2.33. The molecule has 0 saturated carbocycles. The van der Waals surface area contributed by atoms with Crippen molar-refractivity contribution in [1.29, 1.82) is 5.26 Å². The van der Waals surface area contributed by atoms with Gasteiger partial charge >= 0.3 is 5.97 Å². The molecule has 31 heavy (non-hydrogen) atoms. The maximum atomic E-state index is 12.4. The predicted octanol–water partition coefficient (Wildman–Crippen LogP) is 5.96. The maximum Gasteiger partial charge on any atom is 0.337 e. The lowest BCUT2D eigenvalue weighted by Gasteiger charge is -2.28. The van der Waals surface area contributed by atoms with Crippen molar-refractivity contribution in [2.45, 2.75) is 65.1 Å². The normalized spacial score (nSPS) is 14.8. The van der Waals surface area contributed by atoms with E-state index >= 15 is 0 Å². The number of nitrogens with zero attached hydrogens (tertiary/aromatic N) is 2. The van der Waals surface area contributed by atoms with Crippen LogP contribution in [0.3, 0.4) is 0 Å². The van der Waals surface area contributed by atoms with Crippen molar-refractivity contribution in [3.63, 3.8) is 0 Å². The van der Waals surface area contributed by atoms with Crippen molar-refractivity contribution in [3.05, 3.63) is 51.5 Å². The molecule has 0 aliphatic heterocycles. The number of carboxylic acids is 1. The summed E-state index contributed by atoms with van der Waals surface area (Å²) in [5.41, 5.74) is 4.08. The number of thiophene rings is 1. The SMILES string of the molecule is Cc1nc2sc3c(c2c(-c2cccc(C#N)c2)c1[C@H](OC(C)(C)C)C(=O)O)CCCC3. The number of hydrogen-bond donors (Lipinski definition) is 1. The van der Waals surface area contributed by atoms with Crippen LogP contribution in [-0.2, 0) is 22.4 Å². The molecule has 0 spiro atoms. The third kappa shape index (κ3) is 4.08. The monoisotopic (exact) mass is 434 g/mol.